The van der Waals surface area contributed by atoms with E-state index in [4.69, 9.17) is 0 Å². The zero-order chi connectivity index (χ0) is 18.1. The van der Waals surface area contributed by atoms with Crippen LogP contribution in [0.2, 0.25) is 0 Å². The van der Waals surface area contributed by atoms with Crippen LogP contribution >= 0.6 is 0 Å². The van der Waals surface area contributed by atoms with Crippen LogP contribution in [0.25, 0.3) is 16.6 Å². The van der Waals surface area contributed by atoms with Crippen molar-refractivity contribution in [1.82, 2.24) is 19.3 Å². The molecule has 0 spiro atoms. The molecule has 0 aromatic carbocycles. The summed E-state index contributed by atoms with van der Waals surface area (Å²) in [7, 11) is 2.10. The van der Waals surface area contributed by atoms with Gasteiger partial charge in [0.05, 0.1) is 5.52 Å². The van der Waals surface area contributed by atoms with Gasteiger partial charge in [-0.25, -0.2) is 4.98 Å². The molecule has 3 aromatic heterocycles. The molecule has 0 radical (unpaired) electrons. The van der Waals surface area contributed by atoms with E-state index in [1.165, 1.54) is 0 Å². The first-order chi connectivity index (χ1) is 12.6. The Labute approximate surface area is 152 Å². The second-order valence-electron chi connectivity index (χ2n) is 7.09. The highest BCUT2D eigenvalue weighted by atomic mass is 16.1. The lowest BCUT2D eigenvalue weighted by Crippen LogP contribution is -2.36. The summed E-state index contributed by atoms with van der Waals surface area (Å²) in [6.45, 7) is 3.92. The molecule has 1 fully saturated rings. The third-order valence-corrected chi connectivity index (χ3v) is 5.06. The topological polar surface area (TPSA) is 62.5 Å². The van der Waals surface area contributed by atoms with E-state index in [0.29, 0.717) is 5.82 Å². The Morgan fingerprint density at radius 1 is 1.15 bits per heavy atom. The van der Waals surface area contributed by atoms with Gasteiger partial charge >= 0.3 is 0 Å². The fourth-order valence-corrected chi connectivity index (χ4v) is 3.46. The Kier molecular flexibility index (Phi) is 4.42. The molecule has 0 aliphatic carbocycles. The van der Waals surface area contributed by atoms with Crippen LogP contribution < -0.4 is 5.32 Å². The molecule has 1 aliphatic heterocycles. The van der Waals surface area contributed by atoms with Crippen LogP contribution in [-0.4, -0.2) is 45.3 Å². The number of aryl methyl sites for hydroxylation is 1. The van der Waals surface area contributed by atoms with E-state index in [1.54, 1.807) is 6.33 Å². The van der Waals surface area contributed by atoms with Crippen LogP contribution in [0.3, 0.4) is 0 Å². The van der Waals surface area contributed by atoms with Crippen LogP contribution in [0.5, 0.6) is 0 Å². The summed E-state index contributed by atoms with van der Waals surface area (Å²) in [5.41, 5.74) is 4.22. The van der Waals surface area contributed by atoms with Gasteiger partial charge in [-0.1, -0.05) is 0 Å². The Bertz CT molecular complexity index is 940. The first-order valence-corrected chi connectivity index (χ1v) is 8.99. The van der Waals surface area contributed by atoms with Crippen molar-refractivity contribution in [3.8, 4) is 11.1 Å². The van der Waals surface area contributed by atoms with Crippen molar-refractivity contribution < 1.29 is 4.79 Å². The molecule has 4 rings (SSSR count). The maximum atomic E-state index is 12.5. The second kappa shape index (κ2) is 6.88. The highest BCUT2D eigenvalue weighted by molar-refractivity contribution is 5.92. The number of rotatable bonds is 3. The minimum Gasteiger partial charge on any atom is -0.310 e. The Morgan fingerprint density at radius 3 is 2.73 bits per heavy atom. The molecule has 0 bridgehead atoms. The van der Waals surface area contributed by atoms with E-state index in [9.17, 15) is 4.79 Å². The fraction of sp³-hybridized carbons (Fsp3) is 0.350. The van der Waals surface area contributed by atoms with Crippen molar-refractivity contribution in [2.75, 3.05) is 25.5 Å². The lowest BCUT2D eigenvalue weighted by molar-refractivity contribution is -0.121. The molecule has 0 unspecified atom stereocenters. The van der Waals surface area contributed by atoms with Crippen molar-refractivity contribution in [2.24, 2.45) is 5.92 Å². The first kappa shape index (κ1) is 16.7. The van der Waals surface area contributed by atoms with E-state index >= 15 is 0 Å². The van der Waals surface area contributed by atoms with Gasteiger partial charge in [0.25, 0.3) is 0 Å². The minimum absolute atomic E-state index is 0.0753. The van der Waals surface area contributed by atoms with Gasteiger partial charge in [0.1, 0.15) is 12.1 Å². The van der Waals surface area contributed by atoms with Gasteiger partial charge in [-0.2, -0.15) is 0 Å². The SMILES string of the molecule is Cc1cc(-c2cc3cc(NC(=O)C4CCN(C)CC4)ncn3c2)ccn1. The van der Waals surface area contributed by atoms with E-state index in [2.05, 4.69) is 39.4 Å². The Hall–Kier alpha value is -2.73. The van der Waals surface area contributed by atoms with Crippen molar-refractivity contribution in [2.45, 2.75) is 19.8 Å². The molecule has 1 amide bonds. The van der Waals surface area contributed by atoms with Crippen LogP contribution in [0.4, 0.5) is 5.82 Å². The predicted octanol–water partition coefficient (Wildman–Crippen LogP) is 2.99. The van der Waals surface area contributed by atoms with E-state index in [0.717, 1.165) is 48.3 Å². The number of hydrogen-bond donors (Lipinski definition) is 1. The molecule has 0 atom stereocenters. The van der Waals surface area contributed by atoms with Crippen molar-refractivity contribution >= 4 is 17.2 Å². The largest absolute Gasteiger partial charge is 0.310 e. The molecule has 1 aliphatic rings. The molecular weight excluding hydrogens is 326 g/mol. The van der Waals surface area contributed by atoms with Crippen LogP contribution in [0.15, 0.2) is 43.0 Å². The Balaban J connectivity index is 1.53. The minimum atomic E-state index is 0.0753. The predicted molar refractivity (Wildman–Crippen MR) is 102 cm³/mol. The lowest BCUT2D eigenvalue weighted by atomic mass is 9.96. The number of amides is 1. The van der Waals surface area contributed by atoms with Gasteiger partial charge in [-0.15, -0.1) is 0 Å². The summed E-state index contributed by atoms with van der Waals surface area (Å²) in [6.07, 6.45) is 7.41. The van der Waals surface area contributed by atoms with Crippen molar-refractivity contribution in [1.29, 1.82) is 0 Å². The molecular formula is C20H23N5O. The van der Waals surface area contributed by atoms with Crippen LogP contribution in [-0.2, 0) is 4.79 Å². The van der Waals surface area contributed by atoms with Crippen molar-refractivity contribution in [3.05, 3.63) is 48.7 Å². The fourth-order valence-electron chi connectivity index (χ4n) is 3.46. The first-order valence-electron chi connectivity index (χ1n) is 8.99. The summed E-state index contributed by atoms with van der Waals surface area (Å²) < 4.78 is 1.97. The zero-order valence-electron chi connectivity index (χ0n) is 15.1. The molecule has 6 nitrogen and oxygen atoms in total. The molecule has 3 aromatic rings. The van der Waals surface area contributed by atoms with E-state index in [-0.39, 0.29) is 11.8 Å². The third-order valence-electron chi connectivity index (χ3n) is 5.06. The standard InChI is InChI=1S/C20H23N5O/c1-14-9-16(3-6-21-14)17-10-18-11-19(22-13-25(18)12-17)23-20(26)15-4-7-24(2)8-5-15/h3,6,9-13,15H,4-5,7-8H2,1-2H3,(H,23,26). The number of aromatic nitrogens is 3. The number of fused-ring (bicyclic) bond motifs is 1. The third kappa shape index (κ3) is 3.46. The van der Waals surface area contributed by atoms with Gasteiger partial charge in [-0.05, 0) is 63.7 Å². The Morgan fingerprint density at radius 2 is 1.96 bits per heavy atom. The van der Waals surface area contributed by atoms with Gasteiger partial charge in [0, 0.05) is 35.6 Å². The normalized spacial score (nSPS) is 16.1. The van der Waals surface area contributed by atoms with Gasteiger partial charge in [-0.3, -0.25) is 9.78 Å². The number of nitrogens with zero attached hydrogens (tertiary/aromatic N) is 4. The maximum absolute atomic E-state index is 12.5. The van der Waals surface area contributed by atoms with Gasteiger partial charge in [0.15, 0.2) is 0 Å². The maximum Gasteiger partial charge on any atom is 0.228 e. The van der Waals surface area contributed by atoms with Crippen molar-refractivity contribution in [3.63, 3.8) is 0 Å². The molecule has 6 heteroatoms. The zero-order valence-corrected chi connectivity index (χ0v) is 15.1. The summed E-state index contributed by atoms with van der Waals surface area (Å²) in [5.74, 6) is 0.759. The summed E-state index contributed by atoms with van der Waals surface area (Å²) in [5, 5.41) is 2.98. The number of carbonyl (C=O) groups is 1. The van der Waals surface area contributed by atoms with Gasteiger partial charge < -0.3 is 14.6 Å². The average molecular weight is 349 g/mol. The molecule has 134 valence electrons. The highest BCUT2D eigenvalue weighted by Crippen LogP contribution is 2.24. The number of piperidine rings is 1. The number of carbonyl (C=O) groups excluding carboxylic acids is 1. The number of hydrogen-bond acceptors (Lipinski definition) is 4. The smallest absolute Gasteiger partial charge is 0.228 e. The number of pyridine rings is 1. The van der Waals surface area contributed by atoms with Crippen LogP contribution in [0, 0.1) is 12.8 Å². The van der Waals surface area contributed by atoms with E-state index in [1.807, 2.05) is 35.9 Å². The second-order valence-corrected chi connectivity index (χ2v) is 7.09. The van der Waals surface area contributed by atoms with Gasteiger partial charge in [0.2, 0.25) is 5.91 Å². The highest BCUT2D eigenvalue weighted by Gasteiger charge is 2.23. The molecule has 26 heavy (non-hydrogen) atoms. The summed E-state index contributed by atoms with van der Waals surface area (Å²) in [4.78, 5) is 23.4. The molecule has 4 heterocycles. The molecule has 1 N–H and O–H groups in total. The number of likely N-dealkylation sites (tertiary alicyclic amines) is 1. The summed E-state index contributed by atoms with van der Waals surface area (Å²) in [6, 6.07) is 8.08. The molecule has 1 saturated heterocycles. The summed E-state index contributed by atoms with van der Waals surface area (Å²) >= 11 is 0. The number of anilines is 1. The number of nitrogens with one attached hydrogen (secondary N) is 1. The van der Waals surface area contributed by atoms with E-state index < -0.39 is 0 Å². The molecule has 0 saturated carbocycles. The average Bonchev–Trinajstić information content (AvgIpc) is 3.05. The monoisotopic (exact) mass is 349 g/mol. The quantitative estimate of drug-likeness (QED) is 0.790. The van der Waals surface area contributed by atoms with Crippen LogP contribution in [0.1, 0.15) is 18.5 Å². The lowest BCUT2D eigenvalue weighted by Gasteiger charge is -2.27.